The van der Waals surface area contributed by atoms with Crippen molar-refractivity contribution in [3.05, 3.63) is 70.7 Å². The molecule has 1 heterocycles. The highest BCUT2D eigenvalue weighted by Crippen LogP contribution is 2.46. The fourth-order valence-electron chi connectivity index (χ4n) is 3.73. The van der Waals surface area contributed by atoms with Crippen LogP contribution in [0.3, 0.4) is 0 Å². The molecule has 0 aromatic heterocycles. The highest BCUT2D eigenvalue weighted by atomic mass is 35.5. The van der Waals surface area contributed by atoms with Crippen LogP contribution in [-0.2, 0) is 20.7 Å². The minimum Gasteiger partial charge on any atom is -0.493 e. The second-order valence-electron chi connectivity index (χ2n) is 7.48. The molecule has 0 fully saturated rings. The highest BCUT2D eigenvalue weighted by Gasteiger charge is 2.30. The molecule has 32 heavy (non-hydrogen) atoms. The number of halogens is 1. The lowest BCUT2D eigenvalue weighted by Gasteiger charge is -2.16. The van der Waals surface area contributed by atoms with Crippen molar-refractivity contribution in [1.29, 1.82) is 0 Å². The molecule has 8 heteroatoms. The molecule has 0 aliphatic carbocycles. The van der Waals surface area contributed by atoms with Gasteiger partial charge in [-0.25, -0.2) is 0 Å². The maximum absolute atomic E-state index is 12.5. The third kappa shape index (κ3) is 4.41. The van der Waals surface area contributed by atoms with Gasteiger partial charge in [-0.2, -0.15) is 8.42 Å². The molecule has 1 aliphatic heterocycles. The Labute approximate surface area is 192 Å². The van der Waals surface area contributed by atoms with Gasteiger partial charge in [-0.15, -0.1) is 0 Å². The Morgan fingerprint density at radius 3 is 2.47 bits per heavy atom. The fraction of sp³-hybridized carbons (Fsp3) is 0.250. The molecule has 1 atom stereocenters. The number of hydrogen-bond acceptors (Lipinski definition) is 6. The number of hydrogen-bond donors (Lipinski definition) is 0. The van der Waals surface area contributed by atoms with Crippen molar-refractivity contribution in [2.75, 3.05) is 20.8 Å². The average molecular weight is 475 g/mol. The molecular weight excluding hydrogens is 452 g/mol. The summed E-state index contributed by atoms with van der Waals surface area (Å²) in [4.78, 5) is 0.114. The van der Waals surface area contributed by atoms with E-state index in [0.717, 1.165) is 22.3 Å². The molecule has 0 radical (unpaired) electrons. The molecule has 0 spiro atoms. The van der Waals surface area contributed by atoms with Crippen LogP contribution in [-0.4, -0.2) is 35.3 Å². The van der Waals surface area contributed by atoms with Crippen LogP contribution in [0.5, 0.6) is 17.2 Å². The van der Waals surface area contributed by atoms with Crippen molar-refractivity contribution < 1.29 is 26.8 Å². The number of rotatable bonds is 7. The summed E-state index contributed by atoms with van der Waals surface area (Å²) in [6.45, 7) is 1.78. The molecule has 168 valence electrons. The maximum Gasteiger partial charge on any atom is 0.297 e. The van der Waals surface area contributed by atoms with Gasteiger partial charge in [-0.1, -0.05) is 41.4 Å². The molecule has 3 aromatic rings. The van der Waals surface area contributed by atoms with Crippen LogP contribution in [0, 0.1) is 6.92 Å². The van der Waals surface area contributed by atoms with Gasteiger partial charge in [0.15, 0.2) is 11.5 Å². The smallest absolute Gasteiger partial charge is 0.297 e. The number of para-hydroxylation sites is 1. The van der Waals surface area contributed by atoms with Crippen LogP contribution in [0.4, 0.5) is 0 Å². The van der Waals surface area contributed by atoms with Gasteiger partial charge in [0.1, 0.15) is 18.5 Å². The standard InChI is InChI=1S/C24H23ClO6S/c1-15-7-9-19(10-8-15)32(26,27)30-14-18-12-16-11-17(25)13-21(23(16)31-18)20-5-4-6-22(28-2)24(20)29-3/h4-11,13,18H,12,14H2,1-3H3. The quantitative estimate of drug-likeness (QED) is 0.447. The van der Waals surface area contributed by atoms with E-state index in [1.54, 1.807) is 38.5 Å². The van der Waals surface area contributed by atoms with Gasteiger partial charge in [0.05, 0.1) is 19.1 Å². The summed E-state index contributed by atoms with van der Waals surface area (Å²) in [6.07, 6.45) is -0.00228. The number of methoxy groups -OCH3 is 2. The number of ether oxygens (including phenoxy) is 3. The number of benzene rings is 3. The summed E-state index contributed by atoms with van der Waals surface area (Å²) in [6, 6.07) is 15.7. The number of fused-ring (bicyclic) bond motifs is 1. The Morgan fingerprint density at radius 1 is 1.03 bits per heavy atom. The average Bonchev–Trinajstić information content (AvgIpc) is 3.19. The summed E-state index contributed by atoms with van der Waals surface area (Å²) < 4.78 is 47.5. The van der Waals surface area contributed by atoms with E-state index < -0.39 is 16.2 Å². The van der Waals surface area contributed by atoms with Crippen LogP contribution in [0.1, 0.15) is 11.1 Å². The number of aryl methyl sites for hydroxylation is 1. The largest absolute Gasteiger partial charge is 0.493 e. The monoisotopic (exact) mass is 474 g/mol. The van der Waals surface area contributed by atoms with Crippen molar-refractivity contribution in [2.45, 2.75) is 24.3 Å². The van der Waals surface area contributed by atoms with E-state index >= 15 is 0 Å². The minimum atomic E-state index is -3.88. The van der Waals surface area contributed by atoms with Gasteiger partial charge in [0, 0.05) is 28.1 Å². The molecule has 1 aliphatic rings. The minimum absolute atomic E-state index is 0.114. The Kier molecular flexibility index (Phi) is 6.33. The first-order chi connectivity index (χ1) is 15.3. The zero-order valence-electron chi connectivity index (χ0n) is 17.9. The van der Waals surface area contributed by atoms with Crippen molar-refractivity contribution in [2.24, 2.45) is 0 Å². The molecule has 3 aromatic carbocycles. The van der Waals surface area contributed by atoms with Crippen molar-refractivity contribution in [1.82, 2.24) is 0 Å². The van der Waals surface area contributed by atoms with Crippen LogP contribution in [0.25, 0.3) is 11.1 Å². The summed E-state index contributed by atoms with van der Waals surface area (Å²) in [5.41, 5.74) is 3.35. The lowest BCUT2D eigenvalue weighted by molar-refractivity contribution is 0.152. The highest BCUT2D eigenvalue weighted by molar-refractivity contribution is 7.86. The van der Waals surface area contributed by atoms with E-state index in [1.807, 2.05) is 25.1 Å². The molecule has 1 unspecified atom stereocenters. The Balaban J connectivity index is 1.59. The van der Waals surface area contributed by atoms with E-state index in [9.17, 15) is 8.42 Å². The molecule has 0 saturated carbocycles. The second kappa shape index (κ2) is 9.02. The topological polar surface area (TPSA) is 71.1 Å². The fourth-order valence-corrected chi connectivity index (χ4v) is 4.90. The van der Waals surface area contributed by atoms with Crippen molar-refractivity contribution >= 4 is 21.7 Å². The first-order valence-corrected chi connectivity index (χ1v) is 11.8. The molecule has 0 amide bonds. The lowest BCUT2D eigenvalue weighted by Crippen LogP contribution is -2.23. The predicted octanol–water partition coefficient (Wildman–Crippen LogP) is 5.04. The normalized spacial score (nSPS) is 15.2. The first-order valence-electron chi connectivity index (χ1n) is 9.99. The van der Waals surface area contributed by atoms with Crippen molar-refractivity contribution in [3.8, 4) is 28.4 Å². The zero-order valence-corrected chi connectivity index (χ0v) is 19.5. The van der Waals surface area contributed by atoms with Crippen LogP contribution in [0.15, 0.2) is 59.5 Å². The zero-order chi connectivity index (χ0) is 22.9. The Morgan fingerprint density at radius 2 is 1.78 bits per heavy atom. The van der Waals surface area contributed by atoms with Gasteiger partial charge in [0.2, 0.25) is 0 Å². The third-order valence-corrected chi connectivity index (χ3v) is 6.79. The molecule has 6 nitrogen and oxygen atoms in total. The molecule has 0 saturated heterocycles. The summed E-state index contributed by atoms with van der Waals surface area (Å²) in [7, 11) is -0.744. The SMILES string of the molecule is COc1cccc(-c2cc(Cl)cc3c2OC(COS(=O)(=O)c2ccc(C)cc2)C3)c1OC. The van der Waals surface area contributed by atoms with E-state index in [0.29, 0.717) is 28.7 Å². The van der Waals surface area contributed by atoms with Crippen molar-refractivity contribution in [3.63, 3.8) is 0 Å². The Bertz CT molecular complexity index is 1240. The molecule has 0 bridgehead atoms. The van der Waals surface area contributed by atoms with Gasteiger partial charge in [-0.05, 0) is 37.3 Å². The van der Waals surface area contributed by atoms with Gasteiger partial charge < -0.3 is 14.2 Å². The van der Waals surface area contributed by atoms with Crippen LogP contribution >= 0.6 is 11.6 Å². The third-order valence-electron chi connectivity index (χ3n) is 5.27. The van der Waals surface area contributed by atoms with Gasteiger partial charge in [-0.3, -0.25) is 4.18 Å². The van der Waals surface area contributed by atoms with E-state index in [1.165, 1.54) is 12.1 Å². The summed E-state index contributed by atoms with van der Waals surface area (Å²) >= 11 is 6.38. The lowest BCUT2D eigenvalue weighted by atomic mass is 9.99. The first kappa shape index (κ1) is 22.5. The Hall–Kier alpha value is -2.74. The molecular formula is C24H23ClO6S. The second-order valence-corrected chi connectivity index (χ2v) is 9.53. The predicted molar refractivity (Wildman–Crippen MR) is 122 cm³/mol. The van der Waals surface area contributed by atoms with E-state index in [2.05, 4.69) is 0 Å². The van der Waals surface area contributed by atoms with Crippen LogP contribution in [0.2, 0.25) is 5.02 Å². The van der Waals surface area contributed by atoms with E-state index in [4.69, 9.17) is 30.0 Å². The summed E-state index contributed by atoms with van der Waals surface area (Å²) in [5, 5.41) is 0.543. The van der Waals surface area contributed by atoms with Gasteiger partial charge in [0.25, 0.3) is 10.1 Å². The summed E-state index contributed by atoms with van der Waals surface area (Å²) in [5.74, 6) is 1.77. The molecule has 0 N–H and O–H groups in total. The molecule has 4 rings (SSSR count). The van der Waals surface area contributed by atoms with E-state index in [-0.39, 0.29) is 11.5 Å². The van der Waals surface area contributed by atoms with Crippen LogP contribution < -0.4 is 14.2 Å². The maximum atomic E-state index is 12.5. The van der Waals surface area contributed by atoms with Gasteiger partial charge >= 0.3 is 0 Å².